The maximum absolute atomic E-state index is 13.1. The molecule has 0 aliphatic heterocycles. The standard InChI is InChI=1S/C24H25N3O4.C23H23N3O4/c1-31-24(30)15-6-9-17(10-7-15)25-22(28)18-3-2-12-27-21(18)26-20-11-8-16(14-4-5-14)13-19(20)23(27)29;27-21(24-16-8-5-14(6-9-16)23(29)30)17-2-1-11-26-20(17)25-19-10-7-15(13-3-4-13)12-18(19)22(26)28/h2-3,8,11-15,17H,4-7,9-10H2,1H3,(H,25,28);1-2,7,10-14,16H,3-6,8-9H2,(H,24,27)(H,29,30). The Balaban J connectivity index is 0.000000156. The number of esters is 1. The van der Waals surface area contributed by atoms with Crippen LogP contribution in [0.15, 0.2) is 82.6 Å². The van der Waals surface area contributed by atoms with Crippen molar-refractivity contribution in [2.24, 2.45) is 11.8 Å². The fourth-order valence-electron chi connectivity index (χ4n) is 9.04. The van der Waals surface area contributed by atoms with Crippen LogP contribution in [0.5, 0.6) is 0 Å². The third kappa shape index (κ3) is 8.23. The molecule has 4 aromatic heterocycles. The summed E-state index contributed by atoms with van der Waals surface area (Å²) in [5.74, 6) is -0.814. The zero-order valence-corrected chi connectivity index (χ0v) is 34.0. The third-order valence-corrected chi connectivity index (χ3v) is 12.9. The van der Waals surface area contributed by atoms with Gasteiger partial charge in [-0.25, -0.2) is 9.97 Å². The first kappa shape index (κ1) is 40.0. The maximum Gasteiger partial charge on any atom is 0.308 e. The molecular formula is C47H48N6O8. The zero-order chi connectivity index (χ0) is 42.4. The number of carboxylic acid groups (broad SMARTS) is 1. The van der Waals surface area contributed by atoms with Gasteiger partial charge in [-0.2, -0.15) is 0 Å². The second-order valence-corrected chi connectivity index (χ2v) is 17.1. The first-order valence-corrected chi connectivity index (χ1v) is 21.4. The number of hydrogen-bond donors (Lipinski definition) is 3. The molecule has 61 heavy (non-hydrogen) atoms. The van der Waals surface area contributed by atoms with Crippen LogP contribution in [0.3, 0.4) is 0 Å². The summed E-state index contributed by atoms with van der Waals surface area (Å²) in [6, 6.07) is 18.4. The van der Waals surface area contributed by atoms with E-state index in [9.17, 15) is 28.8 Å². The number of aliphatic carboxylic acids is 1. The molecular weight excluding hydrogens is 777 g/mol. The van der Waals surface area contributed by atoms with Crippen molar-refractivity contribution in [1.82, 2.24) is 29.4 Å². The van der Waals surface area contributed by atoms with Gasteiger partial charge in [-0.05, 0) is 149 Å². The van der Waals surface area contributed by atoms with Crippen LogP contribution in [-0.4, -0.2) is 66.8 Å². The molecule has 0 bridgehead atoms. The van der Waals surface area contributed by atoms with Gasteiger partial charge in [0.1, 0.15) is 0 Å². The lowest BCUT2D eigenvalue weighted by molar-refractivity contribution is -0.146. The van der Waals surface area contributed by atoms with Crippen molar-refractivity contribution in [2.45, 2.75) is 101 Å². The average Bonchev–Trinajstić information content (AvgIpc) is 4.22. The summed E-state index contributed by atoms with van der Waals surface area (Å²) in [7, 11) is 1.40. The smallest absolute Gasteiger partial charge is 0.308 e. The number of fused-ring (bicyclic) bond motifs is 4. The lowest BCUT2D eigenvalue weighted by atomic mass is 9.86. The largest absolute Gasteiger partial charge is 0.481 e. The lowest BCUT2D eigenvalue weighted by Gasteiger charge is -2.27. The molecule has 4 aliphatic carbocycles. The molecule has 4 fully saturated rings. The maximum atomic E-state index is 13.1. The van der Waals surface area contributed by atoms with E-state index in [0.717, 1.165) is 25.7 Å². The number of carboxylic acids is 1. The van der Waals surface area contributed by atoms with Gasteiger partial charge in [-0.1, -0.05) is 12.1 Å². The number of methoxy groups -OCH3 is 1. The minimum Gasteiger partial charge on any atom is -0.481 e. The van der Waals surface area contributed by atoms with Gasteiger partial charge >= 0.3 is 11.9 Å². The van der Waals surface area contributed by atoms with Crippen LogP contribution >= 0.6 is 0 Å². The quantitative estimate of drug-likeness (QED) is 0.116. The summed E-state index contributed by atoms with van der Waals surface area (Å²) >= 11 is 0. The number of aromatic nitrogens is 4. The molecule has 0 atom stereocenters. The Morgan fingerprint density at radius 1 is 0.607 bits per heavy atom. The van der Waals surface area contributed by atoms with E-state index in [1.54, 1.807) is 36.7 Å². The highest BCUT2D eigenvalue weighted by Gasteiger charge is 2.30. The van der Waals surface area contributed by atoms with E-state index < -0.39 is 5.97 Å². The van der Waals surface area contributed by atoms with Gasteiger partial charge in [0.2, 0.25) is 0 Å². The molecule has 2 amide bonds. The van der Waals surface area contributed by atoms with Crippen molar-refractivity contribution in [3.8, 4) is 0 Å². The van der Waals surface area contributed by atoms with E-state index in [-0.39, 0.29) is 52.8 Å². The summed E-state index contributed by atoms with van der Waals surface area (Å²) in [6.07, 6.45) is 13.2. The number of pyridine rings is 2. The van der Waals surface area contributed by atoms with E-state index >= 15 is 0 Å². The summed E-state index contributed by atoms with van der Waals surface area (Å²) < 4.78 is 7.73. The van der Waals surface area contributed by atoms with Crippen molar-refractivity contribution in [3.63, 3.8) is 0 Å². The molecule has 14 nitrogen and oxygen atoms in total. The first-order valence-electron chi connectivity index (χ1n) is 21.4. The molecule has 2 aromatic carbocycles. The molecule has 0 unspecified atom stereocenters. The number of nitrogens with zero attached hydrogens (tertiary/aromatic N) is 4. The Kier molecular flexibility index (Phi) is 10.8. The Morgan fingerprint density at radius 3 is 1.43 bits per heavy atom. The van der Waals surface area contributed by atoms with Crippen molar-refractivity contribution in [1.29, 1.82) is 0 Å². The van der Waals surface area contributed by atoms with Gasteiger partial charge in [-0.15, -0.1) is 0 Å². The van der Waals surface area contributed by atoms with E-state index in [1.807, 2.05) is 36.4 Å². The van der Waals surface area contributed by atoms with Gasteiger partial charge < -0.3 is 20.5 Å². The highest BCUT2D eigenvalue weighted by atomic mass is 16.5. The fraction of sp³-hybridized carbons (Fsp3) is 0.404. The number of hydrogen-bond acceptors (Lipinski definition) is 9. The van der Waals surface area contributed by atoms with Crippen LogP contribution in [0, 0.1) is 11.8 Å². The summed E-state index contributed by atoms with van der Waals surface area (Å²) in [6.45, 7) is 0. The van der Waals surface area contributed by atoms with Crippen LogP contribution in [0.2, 0.25) is 0 Å². The molecule has 4 aliphatic rings. The van der Waals surface area contributed by atoms with Crippen LogP contribution in [0.25, 0.3) is 33.1 Å². The van der Waals surface area contributed by atoms with Crippen LogP contribution in [0.4, 0.5) is 0 Å². The van der Waals surface area contributed by atoms with Gasteiger partial charge in [0.15, 0.2) is 11.3 Å². The van der Waals surface area contributed by atoms with Gasteiger partial charge in [-0.3, -0.25) is 37.6 Å². The number of benzene rings is 2. The summed E-state index contributed by atoms with van der Waals surface area (Å²) in [4.78, 5) is 84.3. The Morgan fingerprint density at radius 2 is 1.03 bits per heavy atom. The van der Waals surface area contributed by atoms with Crippen LogP contribution < -0.4 is 21.8 Å². The molecule has 4 heterocycles. The molecule has 3 N–H and O–H groups in total. The van der Waals surface area contributed by atoms with Crippen molar-refractivity contribution >= 4 is 56.9 Å². The van der Waals surface area contributed by atoms with Crippen molar-refractivity contribution < 1.29 is 29.0 Å². The molecule has 0 spiro atoms. The normalized spacial score (nSPS) is 21.4. The molecule has 6 aromatic rings. The first-order chi connectivity index (χ1) is 29.6. The molecule has 14 heteroatoms. The Labute approximate surface area is 350 Å². The van der Waals surface area contributed by atoms with Gasteiger partial charge in [0.25, 0.3) is 22.9 Å². The highest BCUT2D eigenvalue weighted by molar-refractivity contribution is 6.01. The second-order valence-electron chi connectivity index (χ2n) is 17.1. The fourth-order valence-corrected chi connectivity index (χ4v) is 9.04. The van der Waals surface area contributed by atoms with E-state index in [4.69, 9.17) is 9.84 Å². The summed E-state index contributed by atoms with van der Waals surface area (Å²) in [5.41, 5.74) is 4.65. The van der Waals surface area contributed by atoms with E-state index in [2.05, 4.69) is 20.6 Å². The van der Waals surface area contributed by atoms with Crippen molar-refractivity contribution in [3.05, 3.63) is 116 Å². The monoisotopic (exact) mass is 824 g/mol. The predicted molar refractivity (Wildman–Crippen MR) is 228 cm³/mol. The Hall–Kier alpha value is -6.44. The number of nitrogens with one attached hydrogen (secondary N) is 2. The number of rotatable bonds is 8. The zero-order valence-electron chi connectivity index (χ0n) is 34.0. The topological polar surface area (TPSA) is 191 Å². The number of ether oxygens (including phenoxy) is 1. The van der Waals surface area contributed by atoms with E-state index in [1.165, 1.54) is 39.9 Å². The lowest BCUT2D eigenvalue weighted by Crippen LogP contribution is -2.39. The number of carbonyl (C=O) groups excluding carboxylic acids is 3. The Bertz CT molecular complexity index is 2850. The SMILES string of the molecule is COC(=O)C1CCC(NC(=O)c2cccn3c(=O)c4cc(C5CC5)ccc4nc23)CC1.O=C(NC1CCC(C(=O)O)CC1)c1cccn2c(=O)c3cc(C4CC4)ccc3nc12. The number of carbonyl (C=O) groups is 4. The minimum absolute atomic E-state index is 0.0121. The van der Waals surface area contributed by atoms with Gasteiger partial charge in [0, 0.05) is 24.5 Å². The van der Waals surface area contributed by atoms with Crippen molar-refractivity contribution in [2.75, 3.05) is 7.11 Å². The molecule has 10 rings (SSSR count). The van der Waals surface area contributed by atoms with E-state index in [0.29, 0.717) is 94.6 Å². The molecule has 0 saturated heterocycles. The highest BCUT2D eigenvalue weighted by Crippen LogP contribution is 2.41. The molecule has 4 saturated carbocycles. The van der Waals surface area contributed by atoms with Gasteiger partial charge in [0.05, 0.1) is 51.9 Å². The summed E-state index contributed by atoms with van der Waals surface area (Å²) in [5, 5.41) is 16.4. The molecule has 0 radical (unpaired) electrons. The van der Waals surface area contributed by atoms with Crippen LogP contribution in [-0.2, 0) is 14.3 Å². The average molecular weight is 825 g/mol. The third-order valence-electron chi connectivity index (χ3n) is 12.9. The van der Waals surface area contributed by atoms with Crippen LogP contribution in [0.1, 0.15) is 121 Å². The number of amides is 2. The molecule has 314 valence electrons. The minimum atomic E-state index is -0.769. The predicted octanol–water partition coefficient (Wildman–Crippen LogP) is 6.29. The second kappa shape index (κ2) is 16.5.